The van der Waals surface area contributed by atoms with Crippen LogP contribution in [-0.4, -0.2) is 32.7 Å². The van der Waals surface area contributed by atoms with E-state index < -0.39 is 17.9 Å². The van der Waals surface area contributed by atoms with E-state index in [0.29, 0.717) is 23.6 Å². The summed E-state index contributed by atoms with van der Waals surface area (Å²) in [6.07, 6.45) is 0.772. The summed E-state index contributed by atoms with van der Waals surface area (Å²) in [6, 6.07) is 6.09. The maximum absolute atomic E-state index is 12.1. The molecule has 0 fully saturated rings. The predicted molar refractivity (Wildman–Crippen MR) is 82.9 cm³/mol. The molecule has 1 rings (SSSR count). The highest BCUT2D eigenvalue weighted by molar-refractivity contribution is 5.88. The maximum Gasteiger partial charge on any atom is 0.333 e. The van der Waals surface area contributed by atoms with Crippen molar-refractivity contribution in [2.75, 3.05) is 20.8 Å². The number of nitriles is 1. The average Bonchev–Trinajstić information content (AvgIpc) is 2.58. The lowest BCUT2D eigenvalue weighted by Crippen LogP contribution is -2.48. The molecule has 0 heterocycles. The molecule has 0 radical (unpaired) electrons. The zero-order valence-electron chi connectivity index (χ0n) is 13.3. The minimum atomic E-state index is -1.10. The van der Waals surface area contributed by atoms with Crippen molar-refractivity contribution < 1.29 is 19.1 Å². The molecule has 8 heteroatoms. The molecular weight excluding hydrogens is 300 g/mol. The lowest BCUT2D eigenvalue weighted by Gasteiger charge is -2.14. The van der Waals surface area contributed by atoms with Gasteiger partial charge in [0, 0.05) is 6.54 Å². The highest BCUT2D eigenvalue weighted by atomic mass is 16.5. The van der Waals surface area contributed by atoms with Gasteiger partial charge in [0.25, 0.3) is 5.91 Å². The maximum atomic E-state index is 12.1. The van der Waals surface area contributed by atoms with Crippen molar-refractivity contribution in [1.29, 1.82) is 5.26 Å². The number of rotatable bonds is 6. The van der Waals surface area contributed by atoms with Crippen molar-refractivity contribution in [3.8, 4) is 17.6 Å². The average molecular weight is 320 g/mol. The highest BCUT2D eigenvalue weighted by Gasteiger charge is 2.22. The molecule has 0 aliphatic heterocycles. The number of nitrogens with zero attached hydrogens (tertiary/aromatic N) is 1. The molecule has 0 bridgehead atoms. The van der Waals surface area contributed by atoms with E-state index in [-0.39, 0.29) is 0 Å². The second kappa shape index (κ2) is 9.15. The van der Waals surface area contributed by atoms with Gasteiger partial charge in [-0.2, -0.15) is 5.26 Å². The zero-order valence-corrected chi connectivity index (χ0v) is 13.3. The molecule has 0 saturated carbocycles. The van der Waals surface area contributed by atoms with Crippen LogP contribution in [0.1, 0.15) is 24.8 Å². The quantitative estimate of drug-likeness (QED) is 0.678. The van der Waals surface area contributed by atoms with Crippen LogP contribution in [-0.2, 0) is 4.79 Å². The summed E-state index contributed by atoms with van der Waals surface area (Å²) in [6.45, 7) is 2.39. The van der Waals surface area contributed by atoms with Crippen LogP contribution in [0, 0.1) is 11.3 Å². The van der Waals surface area contributed by atoms with Crippen molar-refractivity contribution in [2.24, 2.45) is 0 Å². The van der Waals surface area contributed by atoms with Crippen molar-refractivity contribution in [1.82, 2.24) is 16.2 Å². The molecule has 3 amide bonds. The van der Waals surface area contributed by atoms with E-state index in [1.54, 1.807) is 18.2 Å². The fourth-order valence-corrected chi connectivity index (χ4v) is 1.79. The van der Waals surface area contributed by atoms with Crippen LogP contribution in [0.3, 0.4) is 0 Å². The van der Waals surface area contributed by atoms with Crippen molar-refractivity contribution >= 4 is 11.9 Å². The van der Waals surface area contributed by atoms with Gasteiger partial charge in [-0.15, -0.1) is 0 Å². The molecule has 0 aliphatic carbocycles. The number of amides is 3. The Balaban J connectivity index is 2.78. The van der Waals surface area contributed by atoms with Crippen molar-refractivity contribution in [3.63, 3.8) is 0 Å². The van der Waals surface area contributed by atoms with E-state index in [1.165, 1.54) is 14.2 Å². The number of urea groups is 1. The van der Waals surface area contributed by atoms with Gasteiger partial charge in [0.2, 0.25) is 0 Å². The third-order valence-corrected chi connectivity index (χ3v) is 2.97. The monoisotopic (exact) mass is 320 g/mol. The summed E-state index contributed by atoms with van der Waals surface area (Å²) in [4.78, 5) is 23.4. The molecule has 0 saturated heterocycles. The van der Waals surface area contributed by atoms with Crippen molar-refractivity contribution in [3.05, 3.63) is 23.8 Å². The van der Waals surface area contributed by atoms with Gasteiger partial charge in [0.15, 0.2) is 17.4 Å². The van der Waals surface area contributed by atoms with Gasteiger partial charge in [-0.25, -0.2) is 10.2 Å². The van der Waals surface area contributed by atoms with Crippen LogP contribution in [0.15, 0.2) is 18.2 Å². The van der Waals surface area contributed by atoms with Crippen LogP contribution in [0.2, 0.25) is 0 Å². The van der Waals surface area contributed by atoms with Crippen LogP contribution < -0.4 is 25.6 Å². The third-order valence-electron chi connectivity index (χ3n) is 2.97. The molecule has 0 aromatic heterocycles. The van der Waals surface area contributed by atoms with E-state index in [9.17, 15) is 14.9 Å². The first kappa shape index (κ1) is 18.1. The lowest BCUT2D eigenvalue weighted by molar-refractivity contribution is -0.122. The van der Waals surface area contributed by atoms with E-state index in [0.717, 1.165) is 6.42 Å². The number of carbonyl (C=O) groups is 2. The van der Waals surface area contributed by atoms with Gasteiger partial charge >= 0.3 is 6.03 Å². The standard InChI is InChI=1S/C15H20N4O4/c1-4-7-17-15(21)19-18-14(20)11(9-16)10-5-6-12(22-2)13(8-10)23-3/h5-6,8,11H,4,7H2,1-3H3,(H,18,20)(H2,17,19,21). The molecule has 23 heavy (non-hydrogen) atoms. The fraction of sp³-hybridized carbons (Fsp3) is 0.400. The van der Waals surface area contributed by atoms with Gasteiger partial charge in [-0.1, -0.05) is 13.0 Å². The van der Waals surface area contributed by atoms with E-state index in [1.807, 2.05) is 13.0 Å². The Kier molecular flexibility index (Phi) is 7.20. The summed E-state index contributed by atoms with van der Waals surface area (Å²) in [5.41, 5.74) is 4.84. The molecular formula is C15H20N4O4. The number of hydrogen-bond acceptors (Lipinski definition) is 5. The summed E-state index contributed by atoms with van der Waals surface area (Å²) in [5.74, 6) is -0.843. The predicted octanol–water partition coefficient (Wildman–Crippen LogP) is 1.05. The molecule has 124 valence electrons. The van der Waals surface area contributed by atoms with Gasteiger partial charge < -0.3 is 14.8 Å². The molecule has 0 spiro atoms. The Bertz CT molecular complexity index is 598. The Morgan fingerprint density at radius 3 is 2.48 bits per heavy atom. The van der Waals surface area contributed by atoms with Gasteiger partial charge in [-0.3, -0.25) is 10.2 Å². The molecule has 1 aromatic rings. The van der Waals surface area contributed by atoms with E-state index in [4.69, 9.17) is 9.47 Å². The second-order valence-corrected chi connectivity index (χ2v) is 4.55. The third kappa shape index (κ3) is 5.07. The van der Waals surface area contributed by atoms with Crippen LogP contribution in [0.5, 0.6) is 11.5 Å². The zero-order chi connectivity index (χ0) is 17.2. The minimum Gasteiger partial charge on any atom is -0.493 e. The number of benzene rings is 1. The Morgan fingerprint density at radius 1 is 1.22 bits per heavy atom. The summed E-state index contributed by atoms with van der Waals surface area (Å²) in [5, 5.41) is 11.8. The highest BCUT2D eigenvalue weighted by Crippen LogP contribution is 2.30. The van der Waals surface area contributed by atoms with E-state index in [2.05, 4.69) is 16.2 Å². The van der Waals surface area contributed by atoms with Crippen molar-refractivity contribution in [2.45, 2.75) is 19.3 Å². The molecule has 3 N–H and O–H groups in total. The molecule has 8 nitrogen and oxygen atoms in total. The molecule has 0 aliphatic rings. The first-order valence-electron chi connectivity index (χ1n) is 7.02. The van der Waals surface area contributed by atoms with Gasteiger partial charge in [-0.05, 0) is 24.1 Å². The van der Waals surface area contributed by atoms with Crippen LogP contribution in [0.25, 0.3) is 0 Å². The number of ether oxygens (including phenoxy) is 2. The van der Waals surface area contributed by atoms with Crippen LogP contribution >= 0.6 is 0 Å². The number of carbonyl (C=O) groups excluding carboxylic acids is 2. The Hall–Kier alpha value is -2.95. The number of methoxy groups -OCH3 is 2. The van der Waals surface area contributed by atoms with Crippen LogP contribution in [0.4, 0.5) is 4.79 Å². The first-order valence-corrected chi connectivity index (χ1v) is 7.02. The second-order valence-electron chi connectivity index (χ2n) is 4.55. The number of hydrazine groups is 1. The Labute approximate surface area is 134 Å². The minimum absolute atomic E-state index is 0.409. The lowest BCUT2D eigenvalue weighted by atomic mass is 9.99. The molecule has 1 unspecified atom stereocenters. The topological polar surface area (TPSA) is 112 Å². The summed E-state index contributed by atoms with van der Waals surface area (Å²) in [7, 11) is 2.95. The fourth-order valence-electron chi connectivity index (χ4n) is 1.79. The Morgan fingerprint density at radius 2 is 1.91 bits per heavy atom. The van der Waals surface area contributed by atoms with E-state index >= 15 is 0 Å². The largest absolute Gasteiger partial charge is 0.493 e. The smallest absolute Gasteiger partial charge is 0.333 e. The molecule has 1 atom stereocenters. The summed E-state index contributed by atoms with van der Waals surface area (Å²) >= 11 is 0. The summed E-state index contributed by atoms with van der Waals surface area (Å²) < 4.78 is 10.3. The first-order chi connectivity index (χ1) is 11.1. The van der Waals surface area contributed by atoms with Gasteiger partial charge in [0.05, 0.1) is 20.3 Å². The number of hydrogen-bond donors (Lipinski definition) is 3. The number of nitrogens with one attached hydrogen (secondary N) is 3. The normalized spacial score (nSPS) is 10.9. The molecule has 1 aromatic carbocycles. The van der Waals surface area contributed by atoms with Gasteiger partial charge in [0.1, 0.15) is 0 Å². The SMILES string of the molecule is CCCNC(=O)NNC(=O)C(C#N)c1ccc(OC)c(OC)c1.